The maximum absolute atomic E-state index is 5.30. The molecule has 0 saturated heterocycles. The lowest BCUT2D eigenvalue weighted by molar-refractivity contribution is 1.05. The molecule has 0 unspecified atom stereocenters. The molecular formula is C9H10N4S. The van der Waals surface area contributed by atoms with Crippen molar-refractivity contribution in [1.29, 1.82) is 0 Å². The van der Waals surface area contributed by atoms with Crippen LogP contribution in [0, 0.1) is 0 Å². The van der Waals surface area contributed by atoms with Gasteiger partial charge in [-0.3, -0.25) is 10.8 Å². The first-order valence-electron chi connectivity index (χ1n) is 4.18. The van der Waals surface area contributed by atoms with Gasteiger partial charge in [0.25, 0.3) is 0 Å². The van der Waals surface area contributed by atoms with Crippen molar-refractivity contribution in [2.45, 2.75) is 6.42 Å². The van der Waals surface area contributed by atoms with Crippen LogP contribution in [0.2, 0.25) is 0 Å². The topological polar surface area (TPSA) is 63.8 Å². The highest BCUT2D eigenvalue weighted by Gasteiger charge is 2.00. The monoisotopic (exact) mass is 206 g/mol. The summed E-state index contributed by atoms with van der Waals surface area (Å²) in [5, 5.41) is 3.02. The first-order valence-corrected chi connectivity index (χ1v) is 5.06. The first kappa shape index (κ1) is 9.11. The van der Waals surface area contributed by atoms with Crippen LogP contribution >= 0.6 is 11.3 Å². The Morgan fingerprint density at radius 1 is 1.36 bits per heavy atom. The van der Waals surface area contributed by atoms with E-state index in [2.05, 4.69) is 15.4 Å². The van der Waals surface area contributed by atoms with Crippen LogP contribution in [-0.2, 0) is 6.42 Å². The minimum atomic E-state index is 0.757. The molecule has 0 aliphatic carbocycles. The van der Waals surface area contributed by atoms with Crippen molar-refractivity contribution >= 4 is 17.0 Å². The number of aromatic nitrogens is 2. The van der Waals surface area contributed by atoms with Crippen molar-refractivity contribution in [3.8, 4) is 0 Å². The van der Waals surface area contributed by atoms with E-state index in [1.54, 1.807) is 23.7 Å². The smallest absolute Gasteiger partial charge is 0.0984 e. The third-order valence-electron chi connectivity index (χ3n) is 1.80. The van der Waals surface area contributed by atoms with Crippen LogP contribution in [-0.4, -0.2) is 9.97 Å². The van der Waals surface area contributed by atoms with Crippen LogP contribution in [0.25, 0.3) is 0 Å². The fraction of sp³-hybridized carbons (Fsp3) is 0.111. The summed E-state index contributed by atoms with van der Waals surface area (Å²) in [6.45, 7) is 0. The Kier molecular flexibility index (Phi) is 2.71. The number of nitrogens with one attached hydrogen (secondary N) is 1. The predicted molar refractivity (Wildman–Crippen MR) is 57.0 cm³/mol. The van der Waals surface area contributed by atoms with Gasteiger partial charge in [-0.1, -0.05) is 0 Å². The minimum absolute atomic E-state index is 0.757. The third kappa shape index (κ3) is 2.07. The van der Waals surface area contributed by atoms with Gasteiger partial charge in [0.15, 0.2) is 0 Å². The molecule has 0 spiro atoms. The maximum atomic E-state index is 5.30. The van der Waals surface area contributed by atoms with E-state index in [0.29, 0.717) is 0 Å². The van der Waals surface area contributed by atoms with Gasteiger partial charge in [-0.2, -0.15) is 0 Å². The van der Waals surface area contributed by atoms with Crippen LogP contribution in [0.15, 0.2) is 29.9 Å². The zero-order valence-corrected chi connectivity index (χ0v) is 8.29. The van der Waals surface area contributed by atoms with E-state index in [-0.39, 0.29) is 0 Å². The highest BCUT2D eigenvalue weighted by molar-refractivity contribution is 7.09. The lowest BCUT2D eigenvalue weighted by atomic mass is 10.2. The summed E-state index contributed by atoms with van der Waals surface area (Å²) in [5.74, 6) is 5.30. The molecule has 0 bridgehead atoms. The van der Waals surface area contributed by atoms with Gasteiger partial charge in [0, 0.05) is 29.9 Å². The molecule has 14 heavy (non-hydrogen) atoms. The Balaban J connectivity index is 2.17. The molecule has 0 aliphatic heterocycles. The average Bonchev–Trinajstić information content (AvgIpc) is 2.71. The molecule has 2 rings (SSSR count). The number of thiazole rings is 1. The summed E-state index contributed by atoms with van der Waals surface area (Å²) in [7, 11) is 0. The van der Waals surface area contributed by atoms with Crippen molar-refractivity contribution in [2.24, 2.45) is 5.84 Å². The number of anilines is 1. The van der Waals surface area contributed by atoms with Gasteiger partial charge >= 0.3 is 0 Å². The van der Waals surface area contributed by atoms with Gasteiger partial charge in [-0.25, -0.2) is 4.98 Å². The molecule has 0 atom stereocenters. The van der Waals surface area contributed by atoms with Gasteiger partial charge < -0.3 is 5.43 Å². The highest BCUT2D eigenvalue weighted by Crippen LogP contribution is 2.12. The number of hydrogen-bond acceptors (Lipinski definition) is 5. The van der Waals surface area contributed by atoms with Crippen LogP contribution < -0.4 is 11.3 Å². The van der Waals surface area contributed by atoms with E-state index in [4.69, 9.17) is 5.84 Å². The normalized spacial score (nSPS) is 10.1. The summed E-state index contributed by atoms with van der Waals surface area (Å²) in [4.78, 5) is 8.43. The molecule has 3 N–H and O–H groups in total. The van der Waals surface area contributed by atoms with E-state index in [1.165, 1.54) is 0 Å². The van der Waals surface area contributed by atoms with Crippen molar-refractivity contribution < 1.29 is 0 Å². The van der Waals surface area contributed by atoms with Gasteiger partial charge in [0.05, 0.1) is 10.7 Å². The number of rotatable bonds is 3. The van der Waals surface area contributed by atoms with Crippen molar-refractivity contribution in [3.05, 3.63) is 40.6 Å². The minimum Gasteiger partial charge on any atom is -0.324 e. The van der Waals surface area contributed by atoms with E-state index >= 15 is 0 Å². The van der Waals surface area contributed by atoms with Gasteiger partial charge in [-0.05, 0) is 12.1 Å². The van der Waals surface area contributed by atoms with Crippen LogP contribution in [0.3, 0.4) is 0 Å². The third-order valence-corrected chi connectivity index (χ3v) is 2.58. The van der Waals surface area contributed by atoms with Crippen LogP contribution in [0.5, 0.6) is 0 Å². The molecule has 2 aromatic rings. The fourth-order valence-electron chi connectivity index (χ4n) is 1.16. The van der Waals surface area contributed by atoms with E-state index in [0.717, 1.165) is 22.8 Å². The molecule has 5 heteroatoms. The maximum Gasteiger partial charge on any atom is 0.0984 e. The largest absolute Gasteiger partial charge is 0.324 e. The molecule has 0 fully saturated rings. The van der Waals surface area contributed by atoms with E-state index in [9.17, 15) is 0 Å². The number of hydrazine groups is 1. The Morgan fingerprint density at radius 2 is 2.29 bits per heavy atom. The summed E-state index contributed by atoms with van der Waals surface area (Å²) >= 11 is 1.63. The quantitative estimate of drug-likeness (QED) is 0.589. The number of nitrogens with zero attached hydrogens (tertiary/aromatic N) is 2. The molecule has 0 amide bonds. The lowest BCUT2D eigenvalue weighted by Crippen LogP contribution is -2.07. The summed E-state index contributed by atoms with van der Waals surface area (Å²) in [6, 6.07) is 3.74. The Labute approximate surface area is 85.8 Å². The van der Waals surface area contributed by atoms with Crippen molar-refractivity contribution in [1.82, 2.24) is 9.97 Å². The zero-order chi connectivity index (χ0) is 9.80. The predicted octanol–water partition coefficient (Wildman–Crippen LogP) is 1.41. The molecule has 0 radical (unpaired) electrons. The number of hydrogen-bond donors (Lipinski definition) is 2. The first-order chi connectivity index (χ1) is 6.88. The van der Waals surface area contributed by atoms with Gasteiger partial charge in [0.1, 0.15) is 0 Å². The summed E-state index contributed by atoms with van der Waals surface area (Å²) in [5.41, 5.74) is 4.43. The lowest BCUT2D eigenvalue weighted by Gasteiger charge is -2.01. The molecule has 4 nitrogen and oxygen atoms in total. The van der Waals surface area contributed by atoms with E-state index < -0.39 is 0 Å². The van der Waals surface area contributed by atoms with Crippen LogP contribution in [0.4, 0.5) is 5.69 Å². The molecule has 72 valence electrons. The zero-order valence-electron chi connectivity index (χ0n) is 7.47. The highest BCUT2D eigenvalue weighted by atomic mass is 32.1. The van der Waals surface area contributed by atoms with Gasteiger partial charge in [-0.15, -0.1) is 11.3 Å². The SMILES string of the molecule is NNc1ccnc(Cc2nccs2)c1. The molecule has 2 aromatic heterocycles. The van der Waals surface area contributed by atoms with Gasteiger partial charge in [0.2, 0.25) is 0 Å². The molecule has 0 aromatic carbocycles. The second kappa shape index (κ2) is 4.17. The van der Waals surface area contributed by atoms with Crippen LogP contribution in [0.1, 0.15) is 10.7 Å². The number of nitrogen functional groups attached to an aromatic ring is 1. The molecule has 2 heterocycles. The Bertz CT molecular complexity index is 399. The molecule has 0 aliphatic rings. The molecular weight excluding hydrogens is 196 g/mol. The van der Waals surface area contributed by atoms with Crippen molar-refractivity contribution in [3.63, 3.8) is 0 Å². The Morgan fingerprint density at radius 3 is 3.00 bits per heavy atom. The number of pyridine rings is 1. The summed E-state index contributed by atoms with van der Waals surface area (Å²) < 4.78 is 0. The van der Waals surface area contributed by atoms with E-state index in [1.807, 2.05) is 17.5 Å². The fourth-order valence-corrected chi connectivity index (χ4v) is 1.79. The van der Waals surface area contributed by atoms with Crippen molar-refractivity contribution in [2.75, 3.05) is 5.43 Å². The number of nitrogens with two attached hydrogens (primary N) is 1. The second-order valence-electron chi connectivity index (χ2n) is 2.78. The Hall–Kier alpha value is -1.46. The summed E-state index contributed by atoms with van der Waals surface area (Å²) in [6.07, 6.45) is 4.29. The molecule has 0 saturated carbocycles. The second-order valence-corrected chi connectivity index (χ2v) is 3.76. The standard InChI is InChI=1S/C9H10N4S/c10-13-7-1-2-11-8(5-7)6-9-12-3-4-14-9/h1-5H,6,10H2,(H,11,13). The average molecular weight is 206 g/mol.